The third-order valence-electron chi connectivity index (χ3n) is 2.96. The second-order valence-electron chi connectivity index (χ2n) is 4.39. The number of ether oxygens (including phenoxy) is 1. The average molecular weight is 314 g/mol. The zero-order valence-corrected chi connectivity index (χ0v) is 13.0. The molecule has 1 aromatic carbocycles. The third kappa shape index (κ3) is 5.98. The van der Waals surface area contributed by atoms with Gasteiger partial charge in [0.2, 0.25) is 0 Å². The summed E-state index contributed by atoms with van der Waals surface area (Å²) in [7, 11) is 0. The molecule has 2 nitrogen and oxygen atoms in total. The van der Waals surface area contributed by atoms with Crippen LogP contribution in [-0.2, 0) is 11.2 Å². The fraction of sp³-hybridized carbons (Fsp3) is 0.600. The van der Waals surface area contributed by atoms with Gasteiger partial charge in [0.25, 0.3) is 0 Å². The van der Waals surface area contributed by atoms with Crippen LogP contribution >= 0.6 is 15.9 Å². The van der Waals surface area contributed by atoms with E-state index >= 15 is 0 Å². The minimum atomic E-state index is 0.536. The van der Waals surface area contributed by atoms with Crippen LogP contribution in [0.3, 0.4) is 0 Å². The van der Waals surface area contributed by atoms with Crippen molar-refractivity contribution in [1.82, 2.24) is 5.32 Å². The summed E-state index contributed by atoms with van der Waals surface area (Å²) in [5, 5.41) is 3.56. The van der Waals surface area contributed by atoms with Crippen molar-refractivity contribution in [3.8, 4) is 0 Å². The fourth-order valence-electron chi connectivity index (χ4n) is 2.07. The molecule has 0 aromatic heterocycles. The van der Waals surface area contributed by atoms with E-state index in [9.17, 15) is 0 Å². The Kier molecular flexibility index (Phi) is 8.31. The maximum Gasteiger partial charge on any atom is 0.0466 e. The topological polar surface area (TPSA) is 21.3 Å². The van der Waals surface area contributed by atoms with Crippen molar-refractivity contribution in [3.63, 3.8) is 0 Å². The second-order valence-corrected chi connectivity index (χ2v) is 5.24. The maximum atomic E-state index is 5.40. The Balaban J connectivity index is 2.44. The maximum absolute atomic E-state index is 5.40. The predicted octanol–water partition coefficient (Wildman–Crippen LogP) is 3.79. The Hall–Kier alpha value is -0.380. The van der Waals surface area contributed by atoms with Crippen molar-refractivity contribution < 1.29 is 4.74 Å². The quantitative estimate of drug-likeness (QED) is 0.700. The standard InChI is InChI=1S/C15H24BrNO/c1-3-17-14(9-7-11-18-4-2)12-13-8-5-6-10-15(13)16/h5-6,8,10,14,17H,3-4,7,9,11-12H2,1-2H3. The number of benzene rings is 1. The van der Waals surface area contributed by atoms with E-state index in [0.29, 0.717) is 6.04 Å². The van der Waals surface area contributed by atoms with Crippen LogP contribution in [-0.4, -0.2) is 25.8 Å². The van der Waals surface area contributed by atoms with E-state index in [-0.39, 0.29) is 0 Å². The number of halogens is 1. The number of hydrogen-bond acceptors (Lipinski definition) is 2. The highest BCUT2D eigenvalue weighted by Crippen LogP contribution is 2.18. The van der Waals surface area contributed by atoms with Gasteiger partial charge >= 0.3 is 0 Å². The largest absolute Gasteiger partial charge is 0.382 e. The molecule has 1 atom stereocenters. The van der Waals surface area contributed by atoms with Gasteiger partial charge < -0.3 is 10.1 Å². The van der Waals surface area contributed by atoms with Crippen LogP contribution in [0.4, 0.5) is 0 Å². The van der Waals surface area contributed by atoms with E-state index in [2.05, 4.69) is 52.4 Å². The molecule has 0 aliphatic rings. The predicted molar refractivity (Wildman–Crippen MR) is 81.0 cm³/mol. The zero-order valence-electron chi connectivity index (χ0n) is 11.4. The Labute approximate surface area is 119 Å². The molecule has 18 heavy (non-hydrogen) atoms. The average Bonchev–Trinajstić information content (AvgIpc) is 2.37. The van der Waals surface area contributed by atoms with E-state index in [0.717, 1.165) is 39.0 Å². The van der Waals surface area contributed by atoms with Gasteiger partial charge in [-0.15, -0.1) is 0 Å². The molecule has 3 heteroatoms. The SMILES string of the molecule is CCNC(CCCOCC)Cc1ccccc1Br. The molecule has 0 aliphatic heterocycles. The molecule has 1 aromatic rings. The first-order chi connectivity index (χ1) is 8.77. The lowest BCUT2D eigenvalue weighted by Gasteiger charge is -2.18. The van der Waals surface area contributed by atoms with Gasteiger partial charge in [0.1, 0.15) is 0 Å². The molecule has 0 amide bonds. The van der Waals surface area contributed by atoms with E-state index in [4.69, 9.17) is 4.74 Å². The lowest BCUT2D eigenvalue weighted by Crippen LogP contribution is -2.31. The van der Waals surface area contributed by atoms with Crippen molar-refractivity contribution in [2.75, 3.05) is 19.8 Å². The zero-order chi connectivity index (χ0) is 13.2. The van der Waals surface area contributed by atoms with Crippen LogP contribution in [0.25, 0.3) is 0 Å². The Morgan fingerprint density at radius 1 is 1.28 bits per heavy atom. The molecule has 1 rings (SSSR count). The molecule has 0 heterocycles. The van der Waals surface area contributed by atoms with E-state index in [1.54, 1.807) is 0 Å². The van der Waals surface area contributed by atoms with Crippen molar-refractivity contribution >= 4 is 15.9 Å². The molecular weight excluding hydrogens is 290 g/mol. The van der Waals surface area contributed by atoms with Crippen LogP contribution in [0.1, 0.15) is 32.3 Å². The van der Waals surface area contributed by atoms with Crippen molar-refractivity contribution in [2.24, 2.45) is 0 Å². The minimum absolute atomic E-state index is 0.536. The fourth-order valence-corrected chi connectivity index (χ4v) is 2.52. The smallest absolute Gasteiger partial charge is 0.0466 e. The van der Waals surface area contributed by atoms with Crippen LogP contribution in [0, 0.1) is 0 Å². The first-order valence-electron chi connectivity index (χ1n) is 6.82. The summed E-state index contributed by atoms with van der Waals surface area (Å²) >= 11 is 3.62. The van der Waals surface area contributed by atoms with Gasteiger partial charge in [0, 0.05) is 23.7 Å². The van der Waals surface area contributed by atoms with Gasteiger partial charge in [-0.25, -0.2) is 0 Å². The lowest BCUT2D eigenvalue weighted by molar-refractivity contribution is 0.141. The highest BCUT2D eigenvalue weighted by molar-refractivity contribution is 9.10. The first kappa shape index (κ1) is 15.7. The first-order valence-corrected chi connectivity index (χ1v) is 7.61. The van der Waals surface area contributed by atoms with Crippen molar-refractivity contribution in [2.45, 2.75) is 39.2 Å². The second kappa shape index (κ2) is 9.54. The molecule has 0 saturated heterocycles. The molecule has 0 aliphatic carbocycles. The molecule has 0 saturated carbocycles. The summed E-state index contributed by atoms with van der Waals surface area (Å²) in [6.45, 7) is 6.91. The molecule has 102 valence electrons. The van der Waals surface area contributed by atoms with Gasteiger partial charge in [-0.1, -0.05) is 41.1 Å². The highest BCUT2D eigenvalue weighted by Gasteiger charge is 2.09. The van der Waals surface area contributed by atoms with Crippen LogP contribution < -0.4 is 5.32 Å². The molecule has 1 N–H and O–H groups in total. The number of hydrogen-bond donors (Lipinski definition) is 1. The van der Waals surface area contributed by atoms with Gasteiger partial charge in [-0.2, -0.15) is 0 Å². The summed E-state index contributed by atoms with van der Waals surface area (Å²) < 4.78 is 6.61. The van der Waals surface area contributed by atoms with Crippen molar-refractivity contribution in [1.29, 1.82) is 0 Å². The molecular formula is C15H24BrNO. The minimum Gasteiger partial charge on any atom is -0.382 e. The number of rotatable bonds is 9. The van der Waals surface area contributed by atoms with E-state index in [1.165, 1.54) is 10.0 Å². The van der Waals surface area contributed by atoms with Gasteiger partial charge in [-0.3, -0.25) is 0 Å². The molecule has 0 radical (unpaired) electrons. The summed E-state index contributed by atoms with van der Waals surface area (Å²) in [5.74, 6) is 0. The molecule has 1 unspecified atom stereocenters. The van der Waals surface area contributed by atoms with Gasteiger partial charge in [0.05, 0.1) is 0 Å². The number of nitrogens with one attached hydrogen (secondary N) is 1. The monoisotopic (exact) mass is 313 g/mol. The molecule has 0 bridgehead atoms. The third-order valence-corrected chi connectivity index (χ3v) is 3.74. The summed E-state index contributed by atoms with van der Waals surface area (Å²) in [6.07, 6.45) is 3.35. The highest BCUT2D eigenvalue weighted by atomic mass is 79.9. The summed E-state index contributed by atoms with van der Waals surface area (Å²) in [6, 6.07) is 9.00. The molecule has 0 spiro atoms. The van der Waals surface area contributed by atoms with Gasteiger partial charge in [-0.05, 0) is 44.4 Å². The summed E-state index contributed by atoms with van der Waals surface area (Å²) in [5.41, 5.74) is 1.37. The van der Waals surface area contributed by atoms with E-state index in [1.807, 2.05) is 6.92 Å². The summed E-state index contributed by atoms with van der Waals surface area (Å²) in [4.78, 5) is 0. The Morgan fingerprint density at radius 2 is 2.06 bits per heavy atom. The van der Waals surface area contributed by atoms with Crippen LogP contribution in [0.5, 0.6) is 0 Å². The van der Waals surface area contributed by atoms with Crippen LogP contribution in [0.15, 0.2) is 28.7 Å². The normalized spacial score (nSPS) is 12.6. The van der Waals surface area contributed by atoms with Crippen molar-refractivity contribution in [3.05, 3.63) is 34.3 Å². The number of likely N-dealkylation sites (N-methyl/N-ethyl adjacent to an activating group) is 1. The Morgan fingerprint density at radius 3 is 2.72 bits per heavy atom. The van der Waals surface area contributed by atoms with Crippen LogP contribution in [0.2, 0.25) is 0 Å². The molecule has 0 fully saturated rings. The van der Waals surface area contributed by atoms with Gasteiger partial charge in [0.15, 0.2) is 0 Å². The van der Waals surface area contributed by atoms with E-state index < -0.39 is 0 Å². The Bertz CT molecular complexity index is 330. The lowest BCUT2D eigenvalue weighted by atomic mass is 10.0.